The Morgan fingerprint density at radius 3 is 2.11 bits per heavy atom. The maximum Gasteiger partial charge on any atom is 0.373 e. The van der Waals surface area contributed by atoms with E-state index in [0.717, 1.165) is 5.56 Å². The Labute approximate surface area is 159 Å². The fourth-order valence-electron chi connectivity index (χ4n) is 2.88. The van der Waals surface area contributed by atoms with E-state index in [-0.39, 0.29) is 18.3 Å². The second-order valence-electron chi connectivity index (χ2n) is 6.18. The Morgan fingerprint density at radius 1 is 0.778 bits per heavy atom. The van der Waals surface area contributed by atoms with Crippen molar-refractivity contribution in [2.45, 2.75) is 18.6 Å². The number of cyclic esters (lactones) is 1. The monoisotopic (exact) mass is 378 g/mol. The van der Waals surface area contributed by atoms with Crippen LogP contribution in [-0.2, 0) is 33.2 Å². The zero-order chi connectivity index (χ0) is 18.7. The van der Waals surface area contributed by atoms with Crippen LogP contribution in [0.4, 0.5) is 0 Å². The van der Waals surface area contributed by atoms with Gasteiger partial charge in [0, 0.05) is 12.3 Å². The predicted molar refractivity (Wildman–Crippen MR) is 96.1 cm³/mol. The second-order valence-corrected chi connectivity index (χ2v) is 6.18. The lowest BCUT2D eigenvalue weighted by Gasteiger charge is -2.29. The molecule has 148 valence electrons. The fourth-order valence-corrected chi connectivity index (χ4v) is 2.88. The molecule has 2 aliphatic heterocycles. The first-order valence-electron chi connectivity index (χ1n) is 9.28. The van der Waals surface area contributed by atoms with Crippen molar-refractivity contribution in [3.05, 3.63) is 47.7 Å². The summed E-state index contributed by atoms with van der Waals surface area (Å²) in [5.41, 5.74) is 1.10. The summed E-state index contributed by atoms with van der Waals surface area (Å²) >= 11 is 0. The van der Waals surface area contributed by atoms with Crippen molar-refractivity contribution >= 4 is 5.97 Å². The highest BCUT2D eigenvalue weighted by Crippen LogP contribution is 2.31. The lowest BCUT2D eigenvalue weighted by atomic mass is 9.93. The molecule has 2 aliphatic rings. The summed E-state index contributed by atoms with van der Waals surface area (Å²) in [6.45, 7) is 3.18. The number of hydrogen-bond donors (Lipinski definition) is 0. The summed E-state index contributed by atoms with van der Waals surface area (Å²) in [7, 11) is 0. The van der Waals surface area contributed by atoms with E-state index in [4.69, 9.17) is 28.4 Å². The molecular formula is C20H26O7. The fraction of sp³-hybridized carbons (Fsp3) is 0.550. The van der Waals surface area contributed by atoms with Gasteiger partial charge in [-0.25, -0.2) is 4.79 Å². The molecule has 1 saturated heterocycles. The number of benzene rings is 1. The first-order valence-corrected chi connectivity index (χ1v) is 9.28. The van der Waals surface area contributed by atoms with E-state index in [2.05, 4.69) is 0 Å². The van der Waals surface area contributed by atoms with Gasteiger partial charge in [0.25, 0.3) is 0 Å². The van der Waals surface area contributed by atoms with E-state index < -0.39 is 12.3 Å². The SMILES string of the molecule is O=C1OCCOCCOCCOCCOC2CC(c3ccccc3)C=C1O2. The molecule has 1 aromatic carbocycles. The van der Waals surface area contributed by atoms with Gasteiger partial charge >= 0.3 is 5.97 Å². The summed E-state index contributed by atoms with van der Waals surface area (Å²) in [5, 5.41) is 0. The standard InChI is InChI=1S/C20H26O7/c21-20-18-14-17(16-4-2-1-3-5-16)15-19(27-18)25-12-10-23-8-6-22-7-9-24-11-13-26-20/h1-5,14,17,19H,6-13,15H2. The van der Waals surface area contributed by atoms with Crippen LogP contribution in [0.3, 0.4) is 0 Å². The van der Waals surface area contributed by atoms with Crippen molar-refractivity contribution in [1.29, 1.82) is 0 Å². The van der Waals surface area contributed by atoms with Gasteiger partial charge in [-0.05, 0) is 11.6 Å². The second kappa shape index (κ2) is 11.0. The van der Waals surface area contributed by atoms with E-state index >= 15 is 0 Å². The van der Waals surface area contributed by atoms with Crippen molar-refractivity contribution < 1.29 is 33.2 Å². The molecule has 7 nitrogen and oxygen atoms in total. The van der Waals surface area contributed by atoms with Crippen LogP contribution in [0, 0.1) is 0 Å². The van der Waals surface area contributed by atoms with E-state index in [1.165, 1.54) is 0 Å². The molecule has 7 heteroatoms. The molecule has 0 amide bonds. The third-order valence-corrected chi connectivity index (χ3v) is 4.22. The average molecular weight is 378 g/mol. The normalized spacial score (nSPS) is 26.2. The molecule has 2 heterocycles. The highest BCUT2D eigenvalue weighted by atomic mass is 16.7. The molecule has 0 aliphatic carbocycles. The van der Waals surface area contributed by atoms with Crippen molar-refractivity contribution in [3.63, 3.8) is 0 Å². The number of carbonyl (C=O) groups excluding carboxylic acids is 1. The van der Waals surface area contributed by atoms with Crippen LogP contribution >= 0.6 is 0 Å². The molecule has 3 rings (SSSR count). The first kappa shape index (κ1) is 19.8. The Balaban J connectivity index is 1.67. The van der Waals surface area contributed by atoms with Gasteiger partial charge in [-0.15, -0.1) is 0 Å². The highest BCUT2D eigenvalue weighted by Gasteiger charge is 2.29. The zero-order valence-electron chi connectivity index (χ0n) is 15.3. The summed E-state index contributed by atoms with van der Waals surface area (Å²) < 4.78 is 33.0. The Morgan fingerprint density at radius 2 is 1.41 bits per heavy atom. The van der Waals surface area contributed by atoms with Gasteiger partial charge < -0.3 is 28.4 Å². The molecule has 0 aromatic heterocycles. The van der Waals surface area contributed by atoms with E-state index in [9.17, 15) is 4.79 Å². The predicted octanol–water partition coefficient (Wildman–Crippen LogP) is 2.02. The smallest absolute Gasteiger partial charge is 0.373 e. The Hall–Kier alpha value is -1.93. The van der Waals surface area contributed by atoms with Crippen LogP contribution in [-0.4, -0.2) is 65.1 Å². The zero-order valence-corrected chi connectivity index (χ0v) is 15.3. The number of rotatable bonds is 1. The maximum absolute atomic E-state index is 12.4. The molecule has 0 N–H and O–H groups in total. The minimum absolute atomic E-state index is 0.0140. The summed E-state index contributed by atoms with van der Waals surface area (Å²) in [4.78, 5) is 12.4. The average Bonchev–Trinajstić information content (AvgIpc) is 2.71. The Bertz CT molecular complexity index is 602. The van der Waals surface area contributed by atoms with Crippen LogP contribution in [0.1, 0.15) is 17.9 Å². The molecule has 0 saturated carbocycles. The first-order chi connectivity index (χ1) is 13.3. The van der Waals surface area contributed by atoms with Crippen molar-refractivity contribution in [3.8, 4) is 0 Å². The number of carbonyl (C=O) groups is 1. The lowest BCUT2D eigenvalue weighted by Crippen LogP contribution is -2.29. The lowest BCUT2D eigenvalue weighted by molar-refractivity contribution is -0.165. The molecule has 1 aromatic rings. The summed E-state index contributed by atoms with van der Waals surface area (Å²) in [5.74, 6) is -0.321. The van der Waals surface area contributed by atoms with Gasteiger partial charge in [0.05, 0.1) is 46.2 Å². The highest BCUT2D eigenvalue weighted by molar-refractivity contribution is 5.86. The third kappa shape index (κ3) is 6.62. The molecule has 2 unspecified atom stereocenters. The van der Waals surface area contributed by atoms with E-state index in [0.29, 0.717) is 52.7 Å². The van der Waals surface area contributed by atoms with Crippen LogP contribution in [0.15, 0.2) is 42.2 Å². The largest absolute Gasteiger partial charge is 0.458 e. The van der Waals surface area contributed by atoms with Gasteiger partial charge in [-0.3, -0.25) is 0 Å². The summed E-state index contributed by atoms with van der Waals surface area (Å²) in [6.07, 6.45) is 1.89. The molecule has 2 atom stereocenters. The summed E-state index contributed by atoms with van der Waals surface area (Å²) in [6, 6.07) is 9.96. The number of hydrogen-bond acceptors (Lipinski definition) is 7. The molecule has 0 spiro atoms. The molecular weight excluding hydrogens is 352 g/mol. The number of fused-ring (bicyclic) bond motifs is 2. The van der Waals surface area contributed by atoms with Crippen LogP contribution < -0.4 is 0 Å². The third-order valence-electron chi connectivity index (χ3n) is 4.22. The van der Waals surface area contributed by atoms with Gasteiger partial charge in [-0.2, -0.15) is 0 Å². The molecule has 0 radical (unpaired) electrons. The van der Waals surface area contributed by atoms with Crippen LogP contribution in [0.5, 0.6) is 0 Å². The van der Waals surface area contributed by atoms with Crippen molar-refractivity contribution in [2.24, 2.45) is 0 Å². The van der Waals surface area contributed by atoms with Crippen LogP contribution in [0.2, 0.25) is 0 Å². The minimum Gasteiger partial charge on any atom is -0.458 e. The maximum atomic E-state index is 12.4. The van der Waals surface area contributed by atoms with Crippen LogP contribution in [0.25, 0.3) is 0 Å². The topological polar surface area (TPSA) is 72.5 Å². The van der Waals surface area contributed by atoms with Gasteiger partial charge in [0.15, 0.2) is 0 Å². The van der Waals surface area contributed by atoms with Gasteiger partial charge in [0.2, 0.25) is 12.0 Å². The van der Waals surface area contributed by atoms with Crippen molar-refractivity contribution in [1.82, 2.24) is 0 Å². The van der Waals surface area contributed by atoms with E-state index in [1.807, 2.05) is 30.3 Å². The minimum atomic E-state index is -0.533. The van der Waals surface area contributed by atoms with Gasteiger partial charge in [0.1, 0.15) is 6.61 Å². The number of allylic oxidation sites excluding steroid dienone is 1. The molecule has 2 bridgehead atoms. The number of esters is 1. The molecule has 27 heavy (non-hydrogen) atoms. The van der Waals surface area contributed by atoms with Crippen molar-refractivity contribution in [2.75, 3.05) is 52.9 Å². The van der Waals surface area contributed by atoms with E-state index in [1.54, 1.807) is 6.08 Å². The molecule has 1 fully saturated rings. The number of ether oxygens (including phenoxy) is 6. The van der Waals surface area contributed by atoms with Gasteiger partial charge in [-0.1, -0.05) is 30.3 Å². The Kier molecular flexibility index (Phi) is 8.10. The quantitative estimate of drug-likeness (QED) is 0.692.